The molecule has 1 spiro atoms. The highest BCUT2D eigenvalue weighted by Crippen LogP contribution is 2.41. The number of benzene rings is 2. The first-order chi connectivity index (χ1) is 13.6. The van der Waals surface area contributed by atoms with E-state index in [-0.39, 0.29) is 11.3 Å². The third-order valence-electron chi connectivity index (χ3n) is 5.46. The fourth-order valence-electron chi connectivity index (χ4n) is 3.77. The molecule has 2 heterocycles. The zero-order chi connectivity index (χ0) is 20.0. The van der Waals surface area contributed by atoms with Crippen molar-refractivity contribution in [2.75, 3.05) is 24.5 Å². The highest BCUT2D eigenvalue weighted by atomic mass is 35.5. The number of nitriles is 1. The molecule has 0 atom stereocenters. The van der Waals surface area contributed by atoms with Crippen LogP contribution in [0.1, 0.15) is 24.8 Å². The van der Waals surface area contributed by atoms with Crippen LogP contribution in [0.4, 0.5) is 5.69 Å². The van der Waals surface area contributed by atoms with Gasteiger partial charge in [-0.1, -0.05) is 35.9 Å². The summed E-state index contributed by atoms with van der Waals surface area (Å²) < 4.78 is 0. The predicted molar refractivity (Wildman–Crippen MR) is 116 cm³/mol. The number of halogens is 1. The van der Waals surface area contributed by atoms with Crippen molar-refractivity contribution in [2.24, 2.45) is 5.41 Å². The second-order valence-electron chi connectivity index (χ2n) is 7.19. The van der Waals surface area contributed by atoms with E-state index >= 15 is 0 Å². The number of carbonyl (C=O) groups is 1. The molecule has 6 heteroatoms. The molecule has 0 bridgehead atoms. The zero-order valence-electron chi connectivity index (χ0n) is 15.7. The van der Waals surface area contributed by atoms with E-state index in [1.165, 1.54) is 0 Å². The molecule has 1 N–H and O–H groups in total. The molecule has 2 aliphatic heterocycles. The fourth-order valence-corrected chi connectivity index (χ4v) is 4.07. The lowest BCUT2D eigenvalue weighted by Gasteiger charge is -2.32. The summed E-state index contributed by atoms with van der Waals surface area (Å²) in [5.74, 6) is 0.284. The summed E-state index contributed by atoms with van der Waals surface area (Å²) in [6, 6.07) is 17.4. The fraction of sp³-hybridized carbons (Fsp3) is 0.364. The van der Waals surface area contributed by atoms with Crippen LogP contribution in [0.3, 0.4) is 0 Å². The Labute approximate surface area is 176 Å². The van der Waals surface area contributed by atoms with Crippen molar-refractivity contribution >= 4 is 35.8 Å². The second kappa shape index (κ2) is 9.47. The standard InChI is InChI=1S/C16H19N3O.C6H5ClS/c17-9-5-13-1-3-14(4-2-13)19-12-8-16(15(19)20)6-10-18-11-7-16;7-5-3-1-2-4-6(5)8/h1-4,18H,5-8,10-12H2;1-4,8H. The first-order valence-electron chi connectivity index (χ1n) is 9.48. The van der Waals surface area contributed by atoms with Crippen LogP contribution >= 0.6 is 24.2 Å². The van der Waals surface area contributed by atoms with Crippen LogP contribution < -0.4 is 10.2 Å². The molecule has 2 aromatic rings. The van der Waals surface area contributed by atoms with E-state index < -0.39 is 0 Å². The number of rotatable bonds is 2. The van der Waals surface area contributed by atoms with Crippen LogP contribution in [0.2, 0.25) is 5.02 Å². The third-order valence-corrected chi connectivity index (χ3v) is 6.31. The number of thiol groups is 1. The Morgan fingerprint density at radius 3 is 2.36 bits per heavy atom. The molecular weight excluding hydrogens is 390 g/mol. The monoisotopic (exact) mass is 413 g/mol. The number of piperidine rings is 1. The molecule has 0 saturated carbocycles. The summed E-state index contributed by atoms with van der Waals surface area (Å²) >= 11 is 9.70. The number of nitrogens with zero attached hydrogens (tertiary/aromatic N) is 2. The maximum Gasteiger partial charge on any atom is 0.233 e. The Kier molecular flexibility index (Phi) is 7.01. The van der Waals surface area contributed by atoms with E-state index in [0.717, 1.165) is 55.0 Å². The first-order valence-corrected chi connectivity index (χ1v) is 10.3. The van der Waals surface area contributed by atoms with Crippen LogP contribution in [0, 0.1) is 16.7 Å². The van der Waals surface area contributed by atoms with Crippen LogP contribution in [-0.4, -0.2) is 25.5 Å². The van der Waals surface area contributed by atoms with E-state index in [2.05, 4.69) is 24.0 Å². The Morgan fingerprint density at radius 1 is 1.11 bits per heavy atom. The first kappa shape index (κ1) is 20.7. The van der Waals surface area contributed by atoms with Crippen LogP contribution in [0.5, 0.6) is 0 Å². The van der Waals surface area contributed by atoms with Crippen molar-refractivity contribution in [2.45, 2.75) is 30.6 Å². The van der Waals surface area contributed by atoms with E-state index in [4.69, 9.17) is 16.9 Å². The Hall–Kier alpha value is -2.00. The molecule has 2 aliphatic rings. The van der Waals surface area contributed by atoms with E-state index in [1.54, 1.807) is 0 Å². The minimum atomic E-state index is -0.128. The molecular formula is C22H24ClN3OS. The van der Waals surface area contributed by atoms with Crippen molar-refractivity contribution in [3.05, 3.63) is 59.1 Å². The number of nitrogens with one attached hydrogen (secondary N) is 1. The molecule has 4 rings (SSSR count). The molecule has 2 saturated heterocycles. The smallest absolute Gasteiger partial charge is 0.233 e. The molecule has 0 aliphatic carbocycles. The van der Waals surface area contributed by atoms with Gasteiger partial charge in [-0.25, -0.2) is 0 Å². The van der Waals surface area contributed by atoms with Crippen LogP contribution in [-0.2, 0) is 11.2 Å². The normalized spacial score (nSPS) is 17.8. The quantitative estimate of drug-likeness (QED) is 0.713. The van der Waals surface area contributed by atoms with Crippen molar-refractivity contribution in [1.82, 2.24) is 5.32 Å². The van der Waals surface area contributed by atoms with Crippen molar-refractivity contribution in [3.63, 3.8) is 0 Å². The largest absolute Gasteiger partial charge is 0.317 e. The average molecular weight is 414 g/mol. The molecule has 0 unspecified atom stereocenters. The second-order valence-corrected chi connectivity index (χ2v) is 8.08. The van der Waals surface area contributed by atoms with Crippen LogP contribution in [0.15, 0.2) is 53.4 Å². The molecule has 2 aromatic carbocycles. The predicted octanol–water partition coefficient (Wildman–Crippen LogP) is 4.49. The summed E-state index contributed by atoms with van der Waals surface area (Å²) in [7, 11) is 0. The Morgan fingerprint density at radius 2 is 1.79 bits per heavy atom. The minimum absolute atomic E-state index is 0.128. The summed E-state index contributed by atoms with van der Waals surface area (Å²) in [5.41, 5.74) is 1.84. The van der Waals surface area contributed by atoms with Crippen molar-refractivity contribution in [3.8, 4) is 6.07 Å². The lowest BCUT2D eigenvalue weighted by atomic mass is 9.78. The Bertz CT molecular complexity index is 836. The number of hydrogen-bond donors (Lipinski definition) is 2. The molecule has 28 heavy (non-hydrogen) atoms. The SMILES string of the molecule is N#CCc1ccc(N2CCC3(CCNCC3)C2=O)cc1.Sc1ccccc1Cl. The maximum atomic E-state index is 12.7. The van der Waals surface area contributed by atoms with Gasteiger partial charge in [0.15, 0.2) is 0 Å². The molecule has 0 aromatic heterocycles. The number of anilines is 1. The summed E-state index contributed by atoms with van der Waals surface area (Å²) in [6.07, 6.45) is 3.29. The number of hydrogen-bond acceptors (Lipinski definition) is 4. The van der Waals surface area contributed by atoms with Gasteiger partial charge in [-0.3, -0.25) is 4.79 Å². The molecule has 146 valence electrons. The van der Waals surface area contributed by atoms with Gasteiger partial charge in [-0.15, -0.1) is 12.6 Å². The number of amides is 1. The topological polar surface area (TPSA) is 56.1 Å². The molecule has 4 nitrogen and oxygen atoms in total. The summed E-state index contributed by atoms with van der Waals surface area (Å²) in [5, 5.41) is 12.7. The van der Waals surface area contributed by atoms with Gasteiger partial charge in [0.05, 0.1) is 22.9 Å². The lowest BCUT2D eigenvalue weighted by molar-refractivity contribution is -0.126. The Balaban J connectivity index is 0.000000236. The van der Waals surface area contributed by atoms with Gasteiger partial charge in [0.25, 0.3) is 0 Å². The summed E-state index contributed by atoms with van der Waals surface area (Å²) in [6.45, 7) is 2.71. The van der Waals surface area contributed by atoms with Gasteiger partial charge in [0.2, 0.25) is 5.91 Å². The third kappa shape index (κ3) is 4.70. The molecule has 2 fully saturated rings. The van der Waals surface area contributed by atoms with E-state index in [1.807, 2.05) is 53.4 Å². The molecule has 0 radical (unpaired) electrons. The van der Waals surface area contributed by atoms with Gasteiger partial charge >= 0.3 is 0 Å². The zero-order valence-corrected chi connectivity index (χ0v) is 17.3. The van der Waals surface area contributed by atoms with Gasteiger partial charge in [-0.2, -0.15) is 5.26 Å². The minimum Gasteiger partial charge on any atom is -0.317 e. The lowest BCUT2D eigenvalue weighted by Crippen LogP contribution is -2.42. The summed E-state index contributed by atoms with van der Waals surface area (Å²) in [4.78, 5) is 15.5. The van der Waals surface area contributed by atoms with Gasteiger partial charge in [0, 0.05) is 17.1 Å². The number of carbonyl (C=O) groups excluding carboxylic acids is 1. The highest BCUT2D eigenvalue weighted by Gasteiger charge is 2.47. The van der Waals surface area contributed by atoms with Gasteiger partial charge in [0.1, 0.15) is 0 Å². The van der Waals surface area contributed by atoms with Crippen molar-refractivity contribution in [1.29, 1.82) is 5.26 Å². The maximum absolute atomic E-state index is 12.7. The molecule has 1 amide bonds. The van der Waals surface area contributed by atoms with E-state index in [9.17, 15) is 4.79 Å². The van der Waals surface area contributed by atoms with Crippen LogP contribution in [0.25, 0.3) is 0 Å². The highest BCUT2D eigenvalue weighted by molar-refractivity contribution is 7.80. The van der Waals surface area contributed by atoms with Crippen molar-refractivity contribution < 1.29 is 4.79 Å². The van der Waals surface area contributed by atoms with Gasteiger partial charge < -0.3 is 10.2 Å². The van der Waals surface area contributed by atoms with Gasteiger partial charge in [-0.05, 0) is 62.2 Å². The average Bonchev–Trinajstić information content (AvgIpc) is 3.02. The van der Waals surface area contributed by atoms with E-state index in [0.29, 0.717) is 11.4 Å².